The van der Waals surface area contributed by atoms with Crippen LogP contribution in [0.4, 0.5) is 5.69 Å². The van der Waals surface area contributed by atoms with Crippen LogP contribution in [0.25, 0.3) is 10.9 Å². The molecule has 0 radical (unpaired) electrons. The van der Waals surface area contributed by atoms with Crippen molar-refractivity contribution in [1.82, 2.24) is 9.47 Å². The predicted octanol–water partition coefficient (Wildman–Crippen LogP) is 4.23. The number of benzene rings is 1. The molecule has 4 rings (SSSR count). The highest BCUT2D eigenvalue weighted by Gasteiger charge is 2.21. The monoisotopic (exact) mass is 338 g/mol. The number of rotatable bonds is 4. The van der Waals surface area contributed by atoms with Crippen LogP contribution in [0.15, 0.2) is 48.0 Å². The molecule has 2 aromatic heterocycles. The molecule has 0 saturated carbocycles. The van der Waals surface area contributed by atoms with E-state index in [1.807, 2.05) is 17.5 Å². The number of hydrogen-bond acceptors (Lipinski definition) is 3. The molecule has 3 heterocycles. The molecule has 1 atom stereocenters. The van der Waals surface area contributed by atoms with E-state index in [-0.39, 0.29) is 0 Å². The molecule has 1 aromatic carbocycles. The fourth-order valence-corrected chi connectivity index (χ4v) is 4.13. The van der Waals surface area contributed by atoms with E-state index >= 15 is 0 Å². The zero-order valence-corrected chi connectivity index (χ0v) is 14.6. The maximum absolute atomic E-state index is 8.16. The first-order chi connectivity index (χ1) is 11.7. The third kappa shape index (κ3) is 2.97. The number of likely N-dealkylation sites (tertiary alicyclic amines) is 1. The van der Waals surface area contributed by atoms with Gasteiger partial charge in [-0.2, -0.15) is 0 Å². The molecule has 0 spiro atoms. The Balaban J connectivity index is 1.53. The van der Waals surface area contributed by atoms with E-state index < -0.39 is 0 Å². The molecule has 1 fully saturated rings. The van der Waals surface area contributed by atoms with Gasteiger partial charge in [-0.25, -0.2) is 0 Å². The lowest BCUT2D eigenvalue weighted by molar-refractivity contribution is 0.284. The molecule has 24 heavy (non-hydrogen) atoms. The van der Waals surface area contributed by atoms with E-state index in [0.717, 1.165) is 17.1 Å². The van der Waals surface area contributed by atoms with Gasteiger partial charge in [0.1, 0.15) is 5.84 Å². The van der Waals surface area contributed by atoms with Crippen molar-refractivity contribution in [2.24, 2.45) is 0 Å². The zero-order chi connectivity index (χ0) is 16.5. The Labute approximate surface area is 146 Å². The van der Waals surface area contributed by atoms with Gasteiger partial charge in [0, 0.05) is 35.4 Å². The number of nitrogens with zero attached hydrogens (tertiary/aromatic N) is 2. The molecule has 0 amide bonds. The Bertz CT molecular complexity index is 850. The topological polar surface area (TPSA) is 44.0 Å². The quantitative estimate of drug-likeness (QED) is 0.552. The highest BCUT2D eigenvalue weighted by molar-refractivity contribution is 7.12. The fraction of sp³-hybridized carbons (Fsp3) is 0.316. The smallest absolute Gasteiger partial charge is 0.140 e. The molecule has 0 bridgehead atoms. The second kappa shape index (κ2) is 6.42. The van der Waals surface area contributed by atoms with E-state index in [9.17, 15) is 0 Å². The molecular formula is C19H22N4S. The van der Waals surface area contributed by atoms with Crippen molar-refractivity contribution in [3.8, 4) is 0 Å². The summed E-state index contributed by atoms with van der Waals surface area (Å²) < 4.78 is 2.36. The number of likely N-dealkylation sites (N-methyl/N-ethyl adjacent to an activating group) is 1. The molecule has 0 aliphatic carbocycles. The summed E-state index contributed by atoms with van der Waals surface area (Å²) in [5.74, 6) is 0.455. The highest BCUT2D eigenvalue weighted by atomic mass is 32.1. The second-order valence-electron chi connectivity index (χ2n) is 6.50. The van der Waals surface area contributed by atoms with Crippen LogP contribution < -0.4 is 5.32 Å². The lowest BCUT2D eigenvalue weighted by Crippen LogP contribution is -2.28. The largest absolute Gasteiger partial charge is 0.346 e. The number of fused-ring (bicyclic) bond motifs is 1. The van der Waals surface area contributed by atoms with Gasteiger partial charge >= 0.3 is 0 Å². The molecule has 3 aromatic rings. The SMILES string of the molecule is CN1CCCC1Cn1ccc2cc(NC(=N)c3cccs3)ccc21. The van der Waals surface area contributed by atoms with Gasteiger partial charge in [-0.05, 0) is 62.1 Å². The van der Waals surface area contributed by atoms with Gasteiger partial charge in [0.05, 0.1) is 4.88 Å². The minimum absolute atomic E-state index is 0.455. The lowest BCUT2D eigenvalue weighted by atomic mass is 10.2. The number of anilines is 1. The minimum Gasteiger partial charge on any atom is -0.346 e. The van der Waals surface area contributed by atoms with Gasteiger partial charge in [0.15, 0.2) is 0 Å². The number of hydrogen-bond donors (Lipinski definition) is 2. The van der Waals surface area contributed by atoms with E-state index in [2.05, 4.69) is 52.3 Å². The van der Waals surface area contributed by atoms with Gasteiger partial charge < -0.3 is 14.8 Å². The number of nitrogens with one attached hydrogen (secondary N) is 2. The fourth-order valence-electron chi connectivity index (χ4n) is 3.50. The summed E-state index contributed by atoms with van der Waals surface area (Å²) in [6.07, 6.45) is 4.78. The molecule has 4 nitrogen and oxygen atoms in total. The summed E-state index contributed by atoms with van der Waals surface area (Å²) in [5, 5.41) is 14.6. The summed E-state index contributed by atoms with van der Waals surface area (Å²) in [4.78, 5) is 3.42. The van der Waals surface area contributed by atoms with Gasteiger partial charge in [0.2, 0.25) is 0 Å². The normalized spacial score (nSPS) is 18.3. The minimum atomic E-state index is 0.455. The first-order valence-electron chi connectivity index (χ1n) is 8.39. The first kappa shape index (κ1) is 15.4. The van der Waals surface area contributed by atoms with Crippen molar-refractivity contribution in [3.05, 3.63) is 52.9 Å². The van der Waals surface area contributed by atoms with Crippen molar-refractivity contribution in [3.63, 3.8) is 0 Å². The van der Waals surface area contributed by atoms with Crippen LogP contribution in [0.1, 0.15) is 17.7 Å². The number of thiophene rings is 1. The van der Waals surface area contributed by atoms with Gasteiger partial charge in [-0.3, -0.25) is 5.41 Å². The van der Waals surface area contributed by atoms with E-state index in [4.69, 9.17) is 5.41 Å². The van der Waals surface area contributed by atoms with Crippen molar-refractivity contribution in [2.45, 2.75) is 25.4 Å². The average molecular weight is 338 g/mol. The van der Waals surface area contributed by atoms with Crippen LogP contribution in [0.5, 0.6) is 0 Å². The van der Waals surface area contributed by atoms with Crippen LogP contribution >= 0.6 is 11.3 Å². The molecule has 2 N–H and O–H groups in total. The van der Waals surface area contributed by atoms with E-state index in [0.29, 0.717) is 11.9 Å². The van der Waals surface area contributed by atoms with Gasteiger partial charge in [-0.1, -0.05) is 6.07 Å². The Morgan fingerprint density at radius 1 is 1.33 bits per heavy atom. The van der Waals surface area contributed by atoms with Crippen molar-refractivity contribution in [2.75, 3.05) is 18.9 Å². The second-order valence-corrected chi connectivity index (χ2v) is 7.44. The van der Waals surface area contributed by atoms with Crippen LogP contribution in [-0.4, -0.2) is 34.9 Å². The summed E-state index contributed by atoms with van der Waals surface area (Å²) >= 11 is 1.58. The summed E-state index contributed by atoms with van der Waals surface area (Å²) in [5.41, 5.74) is 2.24. The average Bonchev–Trinajstić information content (AvgIpc) is 3.30. The molecule has 1 unspecified atom stereocenters. The molecule has 1 aliphatic heterocycles. The molecular weight excluding hydrogens is 316 g/mol. The zero-order valence-electron chi connectivity index (χ0n) is 13.8. The summed E-state index contributed by atoms with van der Waals surface area (Å²) in [6, 6.07) is 13.1. The Hall–Kier alpha value is -2.11. The van der Waals surface area contributed by atoms with Crippen LogP contribution in [0.3, 0.4) is 0 Å². The highest BCUT2D eigenvalue weighted by Crippen LogP contribution is 2.24. The van der Waals surface area contributed by atoms with E-state index in [1.165, 1.54) is 30.3 Å². The Morgan fingerprint density at radius 2 is 2.25 bits per heavy atom. The summed E-state index contributed by atoms with van der Waals surface area (Å²) in [7, 11) is 2.22. The molecule has 1 aliphatic rings. The van der Waals surface area contributed by atoms with Gasteiger partial charge in [-0.15, -0.1) is 11.3 Å². The van der Waals surface area contributed by atoms with Crippen molar-refractivity contribution >= 4 is 33.8 Å². The van der Waals surface area contributed by atoms with E-state index in [1.54, 1.807) is 11.3 Å². The maximum atomic E-state index is 8.16. The lowest BCUT2D eigenvalue weighted by Gasteiger charge is -2.20. The Kier molecular flexibility index (Phi) is 4.12. The van der Waals surface area contributed by atoms with Gasteiger partial charge in [0.25, 0.3) is 0 Å². The van der Waals surface area contributed by atoms with Crippen LogP contribution in [-0.2, 0) is 6.54 Å². The van der Waals surface area contributed by atoms with Crippen LogP contribution in [0, 0.1) is 5.41 Å². The predicted molar refractivity (Wildman–Crippen MR) is 102 cm³/mol. The third-order valence-electron chi connectivity index (χ3n) is 4.89. The standard InChI is InChI=1S/C19H22N4S/c1-22-9-2-4-16(22)13-23-10-8-14-12-15(6-7-17(14)23)21-19(20)18-5-3-11-24-18/h3,5-8,10-12,16H,2,4,9,13H2,1H3,(H2,20,21). The first-order valence-corrected chi connectivity index (χ1v) is 9.27. The third-order valence-corrected chi connectivity index (χ3v) is 5.77. The molecule has 1 saturated heterocycles. The number of aromatic nitrogens is 1. The summed E-state index contributed by atoms with van der Waals surface area (Å²) in [6.45, 7) is 2.26. The maximum Gasteiger partial charge on any atom is 0.140 e. The molecule has 5 heteroatoms. The van der Waals surface area contributed by atoms with Crippen molar-refractivity contribution < 1.29 is 0 Å². The number of amidine groups is 1. The molecule has 124 valence electrons. The Morgan fingerprint density at radius 3 is 3.00 bits per heavy atom. The van der Waals surface area contributed by atoms with Crippen molar-refractivity contribution in [1.29, 1.82) is 5.41 Å². The van der Waals surface area contributed by atoms with Crippen LogP contribution in [0.2, 0.25) is 0 Å².